The number of rotatable bonds is 5. The van der Waals surface area contributed by atoms with Crippen molar-refractivity contribution >= 4 is 27.3 Å². The van der Waals surface area contributed by atoms with Crippen molar-refractivity contribution < 1.29 is 13.3 Å². The Labute approximate surface area is 110 Å². The number of non-ortho nitro benzene ring substituents is 1. The largest absolute Gasteiger partial charge is 0.270 e. The zero-order valence-corrected chi connectivity index (χ0v) is 11.5. The van der Waals surface area contributed by atoms with E-state index in [0.29, 0.717) is 6.42 Å². The Morgan fingerprint density at radius 2 is 2.11 bits per heavy atom. The van der Waals surface area contributed by atoms with Crippen LogP contribution >= 0.6 is 11.6 Å². The lowest BCUT2D eigenvalue weighted by molar-refractivity contribution is -0.385. The zero-order valence-electron chi connectivity index (χ0n) is 9.88. The summed E-state index contributed by atoms with van der Waals surface area (Å²) in [6.45, 7) is 3.52. The van der Waals surface area contributed by atoms with Crippen LogP contribution < -0.4 is 4.72 Å². The number of hydrogen-bond donors (Lipinski definition) is 1. The summed E-state index contributed by atoms with van der Waals surface area (Å²) in [6, 6.07) is 3.04. The van der Waals surface area contributed by atoms with Crippen molar-refractivity contribution in [2.75, 3.05) is 0 Å². The highest BCUT2D eigenvalue weighted by Gasteiger charge is 2.22. The molecule has 0 aliphatic rings. The molecule has 1 rings (SSSR count). The molecule has 1 aromatic rings. The average molecular weight is 293 g/mol. The van der Waals surface area contributed by atoms with Crippen LogP contribution in [0.4, 0.5) is 5.69 Å². The van der Waals surface area contributed by atoms with Gasteiger partial charge in [0.1, 0.15) is 4.90 Å². The summed E-state index contributed by atoms with van der Waals surface area (Å²) < 4.78 is 26.4. The molecule has 100 valence electrons. The summed E-state index contributed by atoms with van der Waals surface area (Å²) in [4.78, 5) is 9.67. The Kier molecular flexibility index (Phi) is 4.66. The molecule has 0 spiro atoms. The van der Waals surface area contributed by atoms with Crippen LogP contribution in [-0.2, 0) is 10.0 Å². The van der Waals surface area contributed by atoms with E-state index in [9.17, 15) is 18.5 Å². The first kappa shape index (κ1) is 14.9. The topological polar surface area (TPSA) is 89.3 Å². The van der Waals surface area contributed by atoms with Gasteiger partial charge in [-0.1, -0.05) is 18.5 Å². The van der Waals surface area contributed by atoms with Gasteiger partial charge in [0.25, 0.3) is 5.69 Å². The van der Waals surface area contributed by atoms with E-state index in [1.165, 1.54) is 6.07 Å². The van der Waals surface area contributed by atoms with Gasteiger partial charge in [-0.25, -0.2) is 13.1 Å². The molecular formula is C10H13ClN2O4S. The summed E-state index contributed by atoms with van der Waals surface area (Å²) >= 11 is 5.77. The maximum Gasteiger partial charge on any atom is 0.270 e. The van der Waals surface area contributed by atoms with Crippen LogP contribution in [0.15, 0.2) is 23.1 Å². The van der Waals surface area contributed by atoms with Crippen LogP contribution in [0, 0.1) is 10.1 Å². The van der Waals surface area contributed by atoms with Crippen molar-refractivity contribution in [2.24, 2.45) is 0 Å². The fourth-order valence-corrected chi connectivity index (χ4v) is 3.07. The highest BCUT2D eigenvalue weighted by atomic mass is 35.5. The van der Waals surface area contributed by atoms with Gasteiger partial charge in [0, 0.05) is 18.2 Å². The lowest BCUT2D eigenvalue weighted by Gasteiger charge is -2.12. The van der Waals surface area contributed by atoms with Crippen LogP contribution in [-0.4, -0.2) is 19.4 Å². The number of sulfonamides is 1. The minimum Gasteiger partial charge on any atom is -0.258 e. The fraction of sp³-hybridized carbons (Fsp3) is 0.400. The summed E-state index contributed by atoms with van der Waals surface area (Å²) in [6.07, 6.45) is 0.603. The molecule has 0 bridgehead atoms. The second kappa shape index (κ2) is 5.64. The van der Waals surface area contributed by atoms with Crippen LogP contribution in [0.5, 0.6) is 0 Å². The molecule has 0 radical (unpaired) electrons. The molecule has 1 aromatic carbocycles. The van der Waals surface area contributed by atoms with E-state index in [4.69, 9.17) is 11.6 Å². The third-order valence-corrected chi connectivity index (χ3v) is 4.45. The minimum absolute atomic E-state index is 0.0450. The number of hydrogen-bond acceptors (Lipinski definition) is 4. The van der Waals surface area contributed by atoms with Crippen molar-refractivity contribution in [2.45, 2.75) is 31.2 Å². The van der Waals surface area contributed by atoms with E-state index in [2.05, 4.69) is 4.72 Å². The van der Waals surface area contributed by atoms with E-state index in [-0.39, 0.29) is 21.6 Å². The van der Waals surface area contributed by atoms with E-state index < -0.39 is 14.9 Å². The lowest BCUT2D eigenvalue weighted by atomic mass is 10.3. The van der Waals surface area contributed by atoms with Gasteiger partial charge in [0.05, 0.1) is 9.95 Å². The van der Waals surface area contributed by atoms with E-state index >= 15 is 0 Å². The number of halogens is 1. The highest BCUT2D eigenvalue weighted by Crippen LogP contribution is 2.26. The van der Waals surface area contributed by atoms with Crippen LogP contribution in [0.1, 0.15) is 20.3 Å². The van der Waals surface area contributed by atoms with Crippen LogP contribution in [0.3, 0.4) is 0 Å². The molecule has 8 heteroatoms. The van der Waals surface area contributed by atoms with Gasteiger partial charge in [-0.05, 0) is 19.4 Å². The third-order valence-electron chi connectivity index (χ3n) is 2.38. The second-order valence-corrected chi connectivity index (χ2v) is 5.89. The summed E-state index contributed by atoms with van der Waals surface area (Å²) in [7, 11) is -3.84. The Hall–Kier alpha value is -1.18. The Balaban J connectivity index is 3.23. The molecule has 0 heterocycles. The summed E-state index contributed by atoms with van der Waals surface area (Å²) in [5, 5.41) is 10.6. The maximum atomic E-state index is 12.0. The number of nitrogens with zero attached hydrogens (tertiary/aromatic N) is 1. The van der Waals surface area contributed by atoms with Crippen molar-refractivity contribution in [3.05, 3.63) is 33.3 Å². The highest BCUT2D eigenvalue weighted by molar-refractivity contribution is 7.89. The molecule has 0 aliphatic heterocycles. The summed E-state index contributed by atoms with van der Waals surface area (Å²) in [5.74, 6) is 0. The van der Waals surface area contributed by atoms with Gasteiger partial charge in [0.15, 0.2) is 0 Å². The predicted molar refractivity (Wildman–Crippen MR) is 68.2 cm³/mol. The third kappa shape index (κ3) is 3.41. The van der Waals surface area contributed by atoms with Gasteiger partial charge in [0.2, 0.25) is 10.0 Å². The average Bonchev–Trinajstić information content (AvgIpc) is 2.28. The van der Waals surface area contributed by atoms with Crippen molar-refractivity contribution in [3.8, 4) is 0 Å². The molecule has 6 nitrogen and oxygen atoms in total. The molecule has 1 N–H and O–H groups in total. The quantitative estimate of drug-likeness (QED) is 0.666. The summed E-state index contributed by atoms with van der Waals surface area (Å²) in [5.41, 5.74) is -0.316. The Morgan fingerprint density at radius 3 is 2.61 bits per heavy atom. The fourth-order valence-electron chi connectivity index (χ4n) is 1.22. The van der Waals surface area contributed by atoms with E-state index in [1.54, 1.807) is 6.92 Å². The molecule has 0 saturated heterocycles. The molecule has 1 atom stereocenters. The standard InChI is InChI=1S/C10H13ClN2O4S/c1-3-7(2)12-18(16,17)10-6-8(13(14)15)4-5-9(10)11/h4-7,12H,3H2,1-2H3. The lowest BCUT2D eigenvalue weighted by Crippen LogP contribution is -2.32. The normalized spacial score (nSPS) is 13.3. The van der Waals surface area contributed by atoms with Crippen LogP contribution in [0.2, 0.25) is 5.02 Å². The van der Waals surface area contributed by atoms with Gasteiger partial charge < -0.3 is 0 Å². The molecule has 0 aromatic heterocycles. The molecular weight excluding hydrogens is 280 g/mol. The molecule has 1 unspecified atom stereocenters. The van der Waals surface area contributed by atoms with Crippen molar-refractivity contribution in [1.29, 1.82) is 0 Å². The SMILES string of the molecule is CCC(C)NS(=O)(=O)c1cc([N+](=O)[O-])ccc1Cl. The van der Waals surface area contributed by atoms with Crippen molar-refractivity contribution in [3.63, 3.8) is 0 Å². The van der Waals surface area contributed by atoms with Gasteiger partial charge in [-0.2, -0.15) is 0 Å². The van der Waals surface area contributed by atoms with Gasteiger partial charge in [-0.15, -0.1) is 0 Å². The zero-order chi connectivity index (χ0) is 13.9. The van der Waals surface area contributed by atoms with E-state index in [1.807, 2.05) is 6.92 Å². The molecule has 0 saturated carbocycles. The first-order chi connectivity index (χ1) is 8.27. The Morgan fingerprint density at radius 1 is 1.50 bits per heavy atom. The first-order valence-corrected chi connectivity index (χ1v) is 7.10. The molecule has 0 fully saturated rings. The first-order valence-electron chi connectivity index (χ1n) is 5.24. The van der Waals surface area contributed by atoms with Gasteiger partial charge >= 0.3 is 0 Å². The predicted octanol–water partition coefficient (Wildman–Crippen LogP) is 2.33. The van der Waals surface area contributed by atoms with Crippen LogP contribution in [0.25, 0.3) is 0 Å². The number of nitro benzene ring substituents is 1. The van der Waals surface area contributed by atoms with Gasteiger partial charge in [-0.3, -0.25) is 10.1 Å². The molecule has 0 amide bonds. The maximum absolute atomic E-state index is 12.0. The van der Waals surface area contributed by atoms with E-state index in [0.717, 1.165) is 12.1 Å². The number of benzene rings is 1. The van der Waals surface area contributed by atoms with Crippen molar-refractivity contribution in [1.82, 2.24) is 4.72 Å². The molecule has 18 heavy (non-hydrogen) atoms. The smallest absolute Gasteiger partial charge is 0.258 e. The minimum atomic E-state index is -3.84. The Bertz CT molecular complexity index is 559. The molecule has 0 aliphatic carbocycles. The second-order valence-electron chi connectivity index (χ2n) is 3.80. The number of nitro groups is 1. The number of nitrogens with one attached hydrogen (secondary N) is 1. The monoisotopic (exact) mass is 292 g/mol.